The highest BCUT2D eigenvalue weighted by Crippen LogP contribution is 2.28. The van der Waals surface area contributed by atoms with Crippen LogP contribution in [0.4, 0.5) is 0 Å². The van der Waals surface area contributed by atoms with Gasteiger partial charge < -0.3 is 4.74 Å². The fourth-order valence-corrected chi connectivity index (χ4v) is 6.34. The van der Waals surface area contributed by atoms with Gasteiger partial charge in [0.2, 0.25) is 5.88 Å². The van der Waals surface area contributed by atoms with Gasteiger partial charge in [0.1, 0.15) is 5.75 Å². The maximum atomic E-state index is 12.4. The topological polar surface area (TPSA) is 76.5 Å². The van der Waals surface area contributed by atoms with Crippen molar-refractivity contribution in [2.24, 2.45) is 5.92 Å². The molecule has 6 heteroatoms. The van der Waals surface area contributed by atoms with Gasteiger partial charge in [-0.15, -0.1) is 0 Å². The lowest BCUT2D eigenvalue weighted by molar-refractivity contribution is 0.443. The minimum Gasteiger partial charge on any atom is -0.439 e. The maximum Gasteiger partial charge on any atom is 0.268 e. The molecular weight excluding hydrogens is 470 g/mol. The Bertz CT molecular complexity index is 1710. The van der Waals surface area contributed by atoms with E-state index in [1.807, 2.05) is 48.5 Å². The predicted octanol–water partition coefficient (Wildman–Crippen LogP) is 4.37. The lowest BCUT2D eigenvalue weighted by atomic mass is 9.84. The van der Waals surface area contributed by atoms with Gasteiger partial charge in [-0.2, -0.15) is 8.42 Å². The number of hydrogen-bond acceptors (Lipinski definition) is 4. The zero-order chi connectivity index (χ0) is 24.7. The lowest BCUT2D eigenvalue weighted by Gasteiger charge is -2.27. The normalized spacial score (nSPS) is 18.6. The largest absolute Gasteiger partial charge is 0.439 e. The van der Waals surface area contributed by atoms with Crippen LogP contribution >= 0.6 is 0 Å². The Labute approximate surface area is 209 Å². The molecule has 36 heavy (non-hydrogen) atoms. The summed E-state index contributed by atoms with van der Waals surface area (Å²) in [5, 5.41) is 3.65. The summed E-state index contributed by atoms with van der Waals surface area (Å²) in [4.78, 5) is 4.41. The minimum absolute atomic E-state index is 0.272. The van der Waals surface area contributed by atoms with Crippen molar-refractivity contribution in [3.05, 3.63) is 112 Å². The number of aromatic nitrogens is 1. The highest BCUT2D eigenvalue weighted by molar-refractivity contribution is 7.86. The Morgan fingerprint density at radius 1 is 0.917 bits per heavy atom. The van der Waals surface area contributed by atoms with Crippen molar-refractivity contribution in [1.29, 1.82) is 0 Å². The van der Waals surface area contributed by atoms with E-state index in [0.29, 0.717) is 18.1 Å². The fraction of sp³-hybridized carbons (Fsp3) is 0.167. The van der Waals surface area contributed by atoms with Crippen LogP contribution < -0.4 is 15.2 Å². The van der Waals surface area contributed by atoms with Gasteiger partial charge in [-0.05, 0) is 69.3 Å². The molecule has 4 aromatic rings. The zero-order valence-electron chi connectivity index (χ0n) is 19.5. The molecule has 0 fully saturated rings. The number of allylic oxidation sites excluding steroid dienone is 2. The molecule has 3 aromatic carbocycles. The predicted molar refractivity (Wildman–Crippen MR) is 142 cm³/mol. The molecule has 0 radical (unpaired) electrons. The SMILES string of the molecule is O=S(=O)(O)C1Cc2ccc3c4c(ccc3c2=CC1Cc1ccc(Oc2ccccc2)nc1)CC=CC=4. The summed E-state index contributed by atoms with van der Waals surface area (Å²) >= 11 is 0. The average molecular weight is 496 g/mol. The zero-order valence-corrected chi connectivity index (χ0v) is 20.4. The molecule has 0 spiro atoms. The Morgan fingerprint density at radius 3 is 2.44 bits per heavy atom. The monoisotopic (exact) mass is 495 g/mol. The molecule has 5 nitrogen and oxygen atoms in total. The molecule has 2 atom stereocenters. The second-order valence-corrected chi connectivity index (χ2v) is 11.0. The van der Waals surface area contributed by atoms with Gasteiger partial charge >= 0.3 is 0 Å². The minimum atomic E-state index is -4.25. The smallest absolute Gasteiger partial charge is 0.268 e. The van der Waals surface area contributed by atoms with Crippen LogP contribution in [0.5, 0.6) is 11.6 Å². The van der Waals surface area contributed by atoms with E-state index in [0.717, 1.165) is 28.2 Å². The van der Waals surface area contributed by atoms with E-state index in [2.05, 4.69) is 41.4 Å². The van der Waals surface area contributed by atoms with E-state index in [9.17, 15) is 13.0 Å². The van der Waals surface area contributed by atoms with Crippen LogP contribution in [0.15, 0.2) is 85.1 Å². The van der Waals surface area contributed by atoms with Gasteiger partial charge in [0.05, 0.1) is 5.25 Å². The Morgan fingerprint density at radius 2 is 1.69 bits per heavy atom. The lowest BCUT2D eigenvalue weighted by Crippen LogP contribution is -2.38. The molecule has 0 saturated heterocycles. The van der Waals surface area contributed by atoms with E-state index < -0.39 is 15.4 Å². The summed E-state index contributed by atoms with van der Waals surface area (Å²) in [6, 6.07) is 21.5. The Balaban J connectivity index is 1.38. The summed E-state index contributed by atoms with van der Waals surface area (Å²) in [7, 11) is -4.25. The van der Waals surface area contributed by atoms with Crippen LogP contribution in [-0.2, 0) is 29.4 Å². The van der Waals surface area contributed by atoms with E-state index >= 15 is 0 Å². The first-order chi connectivity index (χ1) is 17.5. The van der Waals surface area contributed by atoms with Crippen LogP contribution in [0.1, 0.15) is 16.7 Å². The van der Waals surface area contributed by atoms with E-state index in [1.165, 1.54) is 16.2 Å². The van der Waals surface area contributed by atoms with Gasteiger partial charge in [-0.3, -0.25) is 4.55 Å². The van der Waals surface area contributed by atoms with E-state index in [4.69, 9.17) is 4.74 Å². The number of pyridine rings is 1. The summed E-state index contributed by atoms with van der Waals surface area (Å²) in [6.07, 6.45) is 11.7. The molecule has 0 aliphatic heterocycles. The van der Waals surface area contributed by atoms with Crippen molar-refractivity contribution in [1.82, 2.24) is 4.98 Å². The molecule has 2 aliphatic carbocycles. The molecule has 2 aliphatic rings. The molecule has 180 valence electrons. The second kappa shape index (κ2) is 9.04. The van der Waals surface area contributed by atoms with Gasteiger partial charge in [0, 0.05) is 18.2 Å². The number of ether oxygens (including phenoxy) is 1. The molecule has 0 bridgehead atoms. The maximum absolute atomic E-state index is 12.4. The number of hydrogen-bond donors (Lipinski definition) is 1. The van der Waals surface area contributed by atoms with Gasteiger partial charge in [-0.1, -0.05) is 72.8 Å². The molecule has 2 unspecified atom stereocenters. The molecule has 0 saturated carbocycles. The molecule has 0 amide bonds. The van der Waals surface area contributed by atoms with Crippen molar-refractivity contribution in [3.8, 4) is 11.6 Å². The fourth-order valence-electron chi connectivity index (χ4n) is 5.33. The molecule has 1 heterocycles. The third-order valence-corrected chi connectivity index (χ3v) is 8.38. The first-order valence-corrected chi connectivity index (χ1v) is 13.5. The second-order valence-electron chi connectivity index (χ2n) is 9.38. The van der Waals surface area contributed by atoms with Crippen molar-refractivity contribution in [2.45, 2.75) is 24.5 Å². The van der Waals surface area contributed by atoms with Gasteiger partial charge in [0.25, 0.3) is 10.1 Å². The number of rotatable bonds is 5. The number of fused-ring (bicyclic) bond motifs is 5. The van der Waals surface area contributed by atoms with Crippen LogP contribution in [0.25, 0.3) is 22.9 Å². The summed E-state index contributed by atoms with van der Waals surface area (Å²) in [6.45, 7) is 0. The number of benzene rings is 3. The summed E-state index contributed by atoms with van der Waals surface area (Å²) in [5.74, 6) is 0.777. The third kappa shape index (κ3) is 4.34. The van der Waals surface area contributed by atoms with Crippen LogP contribution in [0.2, 0.25) is 0 Å². The number of para-hydroxylation sites is 1. The van der Waals surface area contributed by atoms with Crippen molar-refractivity contribution < 1.29 is 17.7 Å². The summed E-state index contributed by atoms with van der Waals surface area (Å²) in [5.41, 5.74) is 3.11. The Hall–Kier alpha value is -3.74. The average Bonchev–Trinajstić information content (AvgIpc) is 2.89. The van der Waals surface area contributed by atoms with Crippen molar-refractivity contribution in [2.75, 3.05) is 0 Å². The quantitative estimate of drug-likeness (QED) is 0.416. The standard InChI is InChI=1S/C30H25NO4S/c32-36(33,34)29-18-22-12-14-26-25-9-5-4-6-21(25)11-13-27(26)28(22)17-23(29)16-20-10-15-30(31-19-20)35-24-7-2-1-3-8-24/h1-5,7-15,17,19,23,29H,6,16,18H2,(H,32,33,34). The molecular formula is C30H25NO4S. The first-order valence-electron chi connectivity index (χ1n) is 12.0. The van der Waals surface area contributed by atoms with Crippen LogP contribution in [0, 0.1) is 5.92 Å². The van der Waals surface area contributed by atoms with Gasteiger partial charge in [-0.25, -0.2) is 4.98 Å². The van der Waals surface area contributed by atoms with E-state index in [1.54, 1.807) is 12.3 Å². The molecule has 1 N–H and O–H groups in total. The van der Waals surface area contributed by atoms with Crippen LogP contribution in [-0.4, -0.2) is 23.2 Å². The third-order valence-electron chi connectivity index (χ3n) is 7.10. The van der Waals surface area contributed by atoms with E-state index in [-0.39, 0.29) is 12.3 Å². The van der Waals surface area contributed by atoms with Gasteiger partial charge in [0.15, 0.2) is 0 Å². The first kappa shape index (κ1) is 22.7. The van der Waals surface area contributed by atoms with Crippen LogP contribution in [0.3, 0.4) is 0 Å². The summed E-state index contributed by atoms with van der Waals surface area (Å²) < 4.78 is 40.7. The molecule has 6 rings (SSSR count). The molecule has 1 aromatic heterocycles. The number of nitrogens with zero attached hydrogens (tertiary/aromatic N) is 1. The van der Waals surface area contributed by atoms with Crippen molar-refractivity contribution in [3.63, 3.8) is 0 Å². The Kier molecular flexibility index (Phi) is 5.70. The highest BCUT2D eigenvalue weighted by Gasteiger charge is 2.34. The van der Waals surface area contributed by atoms with Crippen molar-refractivity contribution >= 4 is 33.0 Å². The highest BCUT2D eigenvalue weighted by atomic mass is 32.2.